The van der Waals surface area contributed by atoms with Crippen molar-refractivity contribution in [2.45, 2.75) is 33.5 Å². The van der Waals surface area contributed by atoms with Gasteiger partial charge in [-0.1, -0.05) is 29.5 Å². The number of carbonyl (C=O) groups is 2. The minimum atomic E-state index is -4.60. The zero-order chi connectivity index (χ0) is 22.8. The van der Waals surface area contributed by atoms with Crippen LogP contribution in [0.1, 0.15) is 32.9 Å². The molecular weight excluding hydrogens is 411 g/mol. The van der Waals surface area contributed by atoms with Crippen LogP contribution in [-0.2, 0) is 17.5 Å². The molecule has 1 heterocycles. The quantitative estimate of drug-likeness (QED) is 0.636. The lowest BCUT2D eigenvalue weighted by Gasteiger charge is -2.13. The van der Waals surface area contributed by atoms with Crippen LogP contribution in [0.25, 0.3) is 0 Å². The maximum absolute atomic E-state index is 13.1. The smallest absolute Gasteiger partial charge is 0.324 e. The van der Waals surface area contributed by atoms with Crippen molar-refractivity contribution < 1.29 is 22.8 Å². The number of para-hydroxylation sites is 1. The summed E-state index contributed by atoms with van der Waals surface area (Å²) in [6.45, 7) is 4.89. The summed E-state index contributed by atoms with van der Waals surface area (Å²) in [6.07, 6.45) is -4.60. The van der Waals surface area contributed by atoms with Crippen molar-refractivity contribution in [2.24, 2.45) is 0 Å². The molecule has 0 saturated heterocycles. The Morgan fingerprint density at radius 2 is 1.71 bits per heavy atom. The van der Waals surface area contributed by atoms with Gasteiger partial charge in [0.05, 0.1) is 16.9 Å². The first-order chi connectivity index (χ1) is 14.6. The standard InChI is InChI=1S/C21H20F3N5O2/c1-12-8-9-13(2)17(10-12)26-20(31)19-14(3)29(28-27-19)11-18(30)25-16-7-5-4-6-15(16)21(22,23)24/h4-10H,11H2,1-3H3,(H,25,30)(H,26,31). The third-order valence-electron chi connectivity index (χ3n) is 4.64. The van der Waals surface area contributed by atoms with Crippen LogP contribution in [0.5, 0.6) is 0 Å². The number of nitrogens with one attached hydrogen (secondary N) is 2. The van der Waals surface area contributed by atoms with E-state index >= 15 is 0 Å². The molecule has 0 aliphatic rings. The number of hydrogen-bond donors (Lipinski definition) is 2. The highest BCUT2D eigenvalue weighted by Gasteiger charge is 2.33. The van der Waals surface area contributed by atoms with Crippen molar-refractivity contribution in [3.05, 3.63) is 70.5 Å². The van der Waals surface area contributed by atoms with Gasteiger partial charge in [-0.25, -0.2) is 4.68 Å². The fraction of sp³-hybridized carbons (Fsp3) is 0.238. The lowest BCUT2D eigenvalue weighted by atomic mass is 10.1. The summed E-state index contributed by atoms with van der Waals surface area (Å²) in [6, 6.07) is 10.3. The summed E-state index contributed by atoms with van der Waals surface area (Å²) in [5, 5.41) is 12.6. The lowest BCUT2D eigenvalue weighted by Crippen LogP contribution is -2.22. The third-order valence-corrected chi connectivity index (χ3v) is 4.64. The van der Waals surface area contributed by atoms with Crippen molar-refractivity contribution in [3.8, 4) is 0 Å². The predicted octanol–water partition coefficient (Wildman–Crippen LogP) is 4.11. The van der Waals surface area contributed by atoms with E-state index in [1.54, 1.807) is 6.92 Å². The second kappa shape index (κ2) is 8.58. The lowest BCUT2D eigenvalue weighted by molar-refractivity contribution is -0.137. The van der Waals surface area contributed by atoms with Gasteiger partial charge in [-0.05, 0) is 50.1 Å². The summed E-state index contributed by atoms with van der Waals surface area (Å²) in [5.41, 5.74) is 1.48. The maximum Gasteiger partial charge on any atom is 0.418 e. The van der Waals surface area contributed by atoms with Gasteiger partial charge in [0.15, 0.2) is 5.69 Å². The van der Waals surface area contributed by atoms with Crippen molar-refractivity contribution in [3.63, 3.8) is 0 Å². The van der Waals surface area contributed by atoms with Crippen LogP contribution in [-0.4, -0.2) is 26.8 Å². The number of benzene rings is 2. The van der Waals surface area contributed by atoms with Gasteiger partial charge in [-0.2, -0.15) is 13.2 Å². The van der Waals surface area contributed by atoms with E-state index < -0.39 is 30.1 Å². The minimum Gasteiger partial charge on any atom is -0.324 e. The van der Waals surface area contributed by atoms with Gasteiger partial charge in [0.1, 0.15) is 6.54 Å². The molecule has 10 heteroatoms. The molecule has 0 bridgehead atoms. The summed E-state index contributed by atoms with van der Waals surface area (Å²) in [7, 11) is 0. The van der Waals surface area contributed by atoms with Crippen LogP contribution < -0.4 is 10.6 Å². The molecule has 0 radical (unpaired) electrons. The molecule has 0 aliphatic heterocycles. The van der Waals surface area contributed by atoms with Crippen LogP contribution in [0.4, 0.5) is 24.5 Å². The average Bonchev–Trinajstić information content (AvgIpc) is 3.04. The molecule has 0 spiro atoms. The fourth-order valence-electron chi connectivity index (χ4n) is 2.94. The van der Waals surface area contributed by atoms with E-state index in [0.717, 1.165) is 27.9 Å². The SMILES string of the molecule is Cc1ccc(C)c(NC(=O)c2nnn(CC(=O)Nc3ccccc3C(F)(F)F)c2C)c1. The van der Waals surface area contributed by atoms with Crippen molar-refractivity contribution in [1.29, 1.82) is 0 Å². The molecular formula is C21H20F3N5O2. The zero-order valence-corrected chi connectivity index (χ0v) is 17.0. The molecule has 162 valence electrons. The summed E-state index contributed by atoms with van der Waals surface area (Å²) >= 11 is 0. The number of hydrogen-bond acceptors (Lipinski definition) is 4. The molecule has 1 aromatic heterocycles. The highest BCUT2D eigenvalue weighted by Crippen LogP contribution is 2.34. The normalized spacial score (nSPS) is 11.3. The Kier molecular flexibility index (Phi) is 6.09. The van der Waals surface area contributed by atoms with Gasteiger partial charge in [0.2, 0.25) is 5.91 Å². The number of rotatable bonds is 5. The molecule has 2 amide bonds. The number of nitrogens with zero attached hydrogens (tertiary/aromatic N) is 3. The highest BCUT2D eigenvalue weighted by molar-refractivity contribution is 6.04. The molecule has 2 N–H and O–H groups in total. The number of aromatic nitrogens is 3. The molecule has 0 fully saturated rings. The largest absolute Gasteiger partial charge is 0.418 e. The molecule has 0 atom stereocenters. The van der Waals surface area contributed by atoms with Gasteiger partial charge >= 0.3 is 6.18 Å². The first kappa shape index (κ1) is 22.0. The van der Waals surface area contributed by atoms with Gasteiger partial charge in [0, 0.05) is 5.69 Å². The van der Waals surface area contributed by atoms with Crippen LogP contribution in [0, 0.1) is 20.8 Å². The molecule has 7 nitrogen and oxygen atoms in total. The van der Waals surface area contributed by atoms with E-state index in [0.29, 0.717) is 11.4 Å². The number of alkyl halides is 3. The van der Waals surface area contributed by atoms with Crippen molar-refractivity contribution in [2.75, 3.05) is 10.6 Å². The van der Waals surface area contributed by atoms with Gasteiger partial charge in [-0.15, -0.1) is 5.10 Å². The molecule has 0 unspecified atom stereocenters. The Morgan fingerprint density at radius 1 is 1.00 bits per heavy atom. The Labute approximate surface area is 176 Å². The van der Waals surface area contributed by atoms with Crippen LogP contribution in [0.3, 0.4) is 0 Å². The molecule has 0 aliphatic carbocycles. The average molecular weight is 431 g/mol. The first-order valence-electron chi connectivity index (χ1n) is 9.31. The number of carbonyl (C=O) groups excluding carboxylic acids is 2. The molecule has 0 saturated carbocycles. The summed E-state index contributed by atoms with van der Waals surface area (Å²) in [5.74, 6) is -1.23. The third kappa shape index (κ3) is 5.08. The molecule has 31 heavy (non-hydrogen) atoms. The van der Waals surface area contributed by atoms with Crippen molar-refractivity contribution >= 4 is 23.2 Å². The second-order valence-electron chi connectivity index (χ2n) is 7.05. The number of amides is 2. The highest BCUT2D eigenvalue weighted by atomic mass is 19.4. The Morgan fingerprint density at radius 3 is 2.42 bits per heavy atom. The fourth-order valence-corrected chi connectivity index (χ4v) is 2.94. The van der Waals surface area contributed by atoms with E-state index in [1.807, 2.05) is 32.0 Å². The van der Waals surface area contributed by atoms with E-state index in [9.17, 15) is 22.8 Å². The summed E-state index contributed by atoms with van der Waals surface area (Å²) < 4.78 is 40.4. The van der Waals surface area contributed by atoms with Crippen molar-refractivity contribution in [1.82, 2.24) is 15.0 Å². The second-order valence-corrected chi connectivity index (χ2v) is 7.05. The Bertz CT molecular complexity index is 1140. The Balaban J connectivity index is 1.73. The molecule has 3 aromatic rings. The van der Waals surface area contributed by atoms with Crippen LogP contribution in [0.2, 0.25) is 0 Å². The number of anilines is 2. The zero-order valence-electron chi connectivity index (χ0n) is 17.0. The van der Waals surface area contributed by atoms with Gasteiger partial charge in [-0.3, -0.25) is 9.59 Å². The topological polar surface area (TPSA) is 88.9 Å². The van der Waals surface area contributed by atoms with E-state index in [2.05, 4.69) is 20.9 Å². The predicted molar refractivity (Wildman–Crippen MR) is 109 cm³/mol. The number of aryl methyl sites for hydroxylation is 2. The molecule has 2 aromatic carbocycles. The first-order valence-corrected chi connectivity index (χ1v) is 9.31. The number of halogens is 3. The van der Waals surface area contributed by atoms with Crippen LogP contribution in [0.15, 0.2) is 42.5 Å². The van der Waals surface area contributed by atoms with Gasteiger partial charge in [0.25, 0.3) is 5.91 Å². The Hall–Kier alpha value is -3.69. The maximum atomic E-state index is 13.1. The molecule has 3 rings (SSSR count). The van der Waals surface area contributed by atoms with E-state index in [4.69, 9.17) is 0 Å². The summed E-state index contributed by atoms with van der Waals surface area (Å²) in [4.78, 5) is 24.9. The van der Waals surface area contributed by atoms with Gasteiger partial charge < -0.3 is 10.6 Å². The van der Waals surface area contributed by atoms with Crippen LogP contribution >= 0.6 is 0 Å². The van der Waals surface area contributed by atoms with E-state index in [1.165, 1.54) is 12.1 Å². The minimum absolute atomic E-state index is 0.0180. The van der Waals surface area contributed by atoms with E-state index in [-0.39, 0.29) is 11.4 Å². The monoisotopic (exact) mass is 431 g/mol.